The van der Waals surface area contributed by atoms with Gasteiger partial charge in [0.05, 0.1) is 6.21 Å². The fourth-order valence-corrected chi connectivity index (χ4v) is 2.69. The number of nitrogens with zero attached hydrogens (tertiary/aromatic N) is 5. The number of para-hydroxylation sites is 1. The predicted molar refractivity (Wildman–Crippen MR) is 111 cm³/mol. The maximum absolute atomic E-state index is 12.3. The number of aromatic nitrogens is 4. The van der Waals surface area contributed by atoms with Crippen LogP contribution in [0.2, 0.25) is 0 Å². The molecule has 0 aliphatic heterocycles. The average Bonchev–Trinajstić information content (AvgIpc) is 2.76. The summed E-state index contributed by atoms with van der Waals surface area (Å²) in [6.07, 6.45) is -0.768. The third-order valence-electron chi connectivity index (χ3n) is 4.08. The molecule has 32 heavy (non-hydrogen) atoms. The van der Waals surface area contributed by atoms with Crippen molar-refractivity contribution in [3.63, 3.8) is 0 Å². The fraction of sp³-hybridized carbons (Fsp3) is 0.0500. The van der Waals surface area contributed by atoms with Crippen molar-refractivity contribution in [1.29, 1.82) is 0 Å². The van der Waals surface area contributed by atoms with Gasteiger partial charge >= 0.3 is 6.36 Å². The number of ether oxygens (including phenoxy) is 1. The zero-order chi connectivity index (χ0) is 22.6. The number of nitrogens with one attached hydrogen (secondary N) is 2. The molecule has 0 aliphatic rings. The molecule has 0 spiro atoms. The summed E-state index contributed by atoms with van der Waals surface area (Å²) in [5, 5.41) is 16.8. The van der Waals surface area contributed by atoms with Gasteiger partial charge in [-0.25, -0.2) is 19.9 Å². The molecule has 9 nitrogen and oxygen atoms in total. The minimum atomic E-state index is -4.76. The summed E-state index contributed by atoms with van der Waals surface area (Å²) in [6.45, 7) is 0. The van der Waals surface area contributed by atoms with Crippen molar-refractivity contribution < 1.29 is 23.0 Å². The summed E-state index contributed by atoms with van der Waals surface area (Å²) in [6, 6.07) is 11.8. The van der Waals surface area contributed by atoms with Gasteiger partial charge in [0.15, 0.2) is 11.6 Å². The molecule has 3 N–H and O–H groups in total. The summed E-state index contributed by atoms with van der Waals surface area (Å²) in [5.41, 5.74) is 4.44. The fourth-order valence-electron chi connectivity index (χ4n) is 2.69. The van der Waals surface area contributed by atoms with Gasteiger partial charge in [-0.15, -0.1) is 13.2 Å². The topological polar surface area (TPSA) is 117 Å². The Balaban J connectivity index is 1.55. The molecule has 0 amide bonds. The number of fused-ring (bicyclic) bond motifs is 1. The van der Waals surface area contributed by atoms with Crippen LogP contribution in [0.15, 0.2) is 66.3 Å². The van der Waals surface area contributed by atoms with E-state index in [1.165, 1.54) is 49.2 Å². The highest BCUT2D eigenvalue weighted by atomic mass is 19.4. The minimum absolute atomic E-state index is 0.0751. The van der Waals surface area contributed by atoms with Gasteiger partial charge in [-0.1, -0.05) is 12.1 Å². The molecule has 0 radical (unpaired) electrons. The lowest BCUT2D eigenvalue weighted by atomic mass is 10.2. The summed E-state index contributed by atoms with van der Waals surface area (Å²) in [4.78, 5) is 16.6. The maximum atomic E-state index is 12.3. The number of phenolic OH excluding ortho intramolecular Hbond substituents is 1. The number of anilines is 3. The van der Waals surface area contributed by atoms with E-state index in [-0.39, 0.29) is 11.5 Å². The highest BCUT2D eigenvalue weighted by molar-refractivity contribution is 5.93. The Morgan fingerprint density at radius 2 is 1.53 bits per heavy atom. The van der Waals surface area contributed by atoms with E-state index in [4.69, 9.17) is 0 Å². The molecule has 2 heterocycles. The van der Waals surface area contributed by atoms with Gasteiger partial charge < -0.3 is 15.2 Å². The molecule has 2 aromatic heterocycles. The first-order chi connectivity index (χ1) is 15.4. The van der Waals surface area contributed by atoms with Crippen molar-refractivity contribution in [3.05, 3.63) is 66.7 Å². The molecule has 12 heteroatoms. The third kappa shape index (κ3) is 4.98. The average molecular weight is 441 g/mol. The minimum Gasteiger partial charge on any atom is -0.507 e. The molecule has 0 saturated heterocycles. The van der Waals surface area contributed by atoms with E-state index >= 15 is 0 Å². The summed E-state index contributed by atoms with van der Waals surface area (Å²) >= 11 is 0. The first kappa shape index (κ1) is 20.8. The first-order valence-electron chi connectivity index (χ1n) is 9.05. The molecule has 4 aromatic rings. The Morgan fingerprint density at radius 3 is 2.22 bits per heavy atom. The SMILES string of the molecule is Oc1ccccc1C=NNc1ncnc2c(Nc3ccc(OC(F)(F)F)cc3)ncnc12. The Labute approximate surface area is 178 Å². The van der Waals surface area contributed by atoms with Crippen LogP contribution in [0.3, 0.4) is 0 Å². The Bertz CT molecular complexity index is 1260. The Kier molecular flexibility index (Phi) is 5.66. The highest BCUT2D eigenvalue weighted by Crippen LogP contribution is 2.27. The summed E-state index contributed by atoms with van der Waals surface area (Å²) < 4.78 is 40.8. The van der Waals surface area contributed by atoms with Gasteiger partial charge in [0, 0.05) is 11.3 Å². The molecule has 0 saturated carbocycles. The van der Waals surface area contributed by atoms with Crippen LogP contribution in [0.1, 0.15) is 5.56 Å². The molecule has 162 valence electrons. The number of hydrogen-bond donors (Lipinski definition) is 3. The van der Waals surface area contributed by atoms with Gasteiger partial charge in [-0.05, 0) is 36.4 Å². The molecular formula is C20H14F3N7O2. The number of alkyl halides is 3. The van der Waals surface area contributed by atoms with Crippen LogP contribution in [0.4, 0.5) is 30.5 Å². The molecule has 0 unspecified atom stereocenters. The highest BCUT2D eigenvalue weighted by Gasteiger charge is 2.30. The van der Waals surface area contributed by atoms with Crippen molar-refractivity contribution in [2.24, 2.45) is 5.10 Å². The summed E-state index contributed by atoms with van der Waals surface area (Å²) in [7, 11) is 0. The Hall–Kier alpha value is -4.48. The molecule has 2 aromatic carbocycles. The lowest BCUT2D eigenvalue weighted by Crippen LogP contribution is -2.16. The lowest BCUT2D eigenvalue weighted by Gasteiger charge is -2.11. The van der Waals surface area contributed by atoms with Crippen molar-refractivity contribution in [2.45, 2.75) is 6.36 Å². The van der Waals surface area contributed by atoms with Crippen LogP contribution in [0.5, 0.6) is 11.5 Å². The van der Waals surface area contributed by atoms with Crippen LogP contribution < -0.4 is 15.5 Å². The van der Waals surface area contributed by atoms with E-state index < -0.39 is 6.36 Å². The van der Waals surface area contributed by atoms with Crippen LogP contribution in [-0.4, -0.2) is 37.6 Å². The predicted octanol–water partition coefficient (Wildman–Crippen LogP) is 4.21. The van der Waals surface area contributed by atoms with Gasteiger partial charge in [-0.3, -0.25) is 5.43 Å². The lowest BCUT2D eigenvalue weighted by molar-refractivity contribution is -0.274. The number of rotatable bonds is 6. The quantitative estimate of drug-likeness (QED) is 0.301. The second-order valence-electron chi connectivity index (χ2n) is 6.27. The molecule has 4 rings (SSSR count). The van der Waals surface area contributed by atoms with E-state index in [0.29, 0.717) is 33.9 Å². The number of aromatic hydroxyl groups is 1. The van der Waals surface area contributed by atoms with E-state index in [9.17, 15) is 18.3 Å². The Morgan fingerprint density at radius 1 is 0.875 bits per heavy atom. The zero-order valence-electron chi connectivity index (χ0n) is 16.1. The van der Waals surface area contributed by atoms with Gasteiger partial charge in [0.1, 0.15) is 35.2 Å². The maximum Gasteiger partial charge on any atom is 0.573 e. The van der Waals surface area contributed by atoms with Crippen LogP contribution in [-0.2, 0) is 0 Å². The zero-order valence-corrected chi connectivity index (χ0v) is 16.1. The van der Waals surface area contributed by atoms with Gasteiger partial charge in [-0.2, -0.15) is 5.10 Å². The normalized spacial score (nSPS) is 11.6. The largest absolute Gasteiger partial charge is 0.573 e. The second kappa shape index (κ2) is 8.71. The van der Waals surface area contributed by atoms with Gasteiger partial charge in [0.2, 0.25) is 0 Å². The number of benzene rings is 2. The van der Waals surface area contributed by atoms with Crippen molar-refractivity contribution in [2.75, 3.05) is 10.7 Å². The van der Waals surface area contributed by atoms with Crippen LogP contribution in [0.25, 0.3) is 11.0 Å². The van der Waals surface area contributed by atoms with Crippen molar-refractivity contribution in [1.82, 2.24) is 19.9 Å². The number of hydrogen-bond acceptors (Lipinski definition) is 9. The first-order valence-corrected chi connectivity index (χ1v) is 9.05. The molecule has 0 atom stereocenters. The molecule has 0 aliphatic carbocycles. The standard InChI is InChI=1S/C20H14F3N7O2/c21-20(22,23)32-14-7-5-13(6-8-14)29-18-16-17(25-10-26-18)19(27-11-24-16)30-28-9-12-3-1-2-4-15(12)31/h1-11,31H,(H,24,27,30)(H,25,26,29). The van der Waals surface area contributed by atoms with E-state index in [0.717, 1.165) is 0 Å². The monoisotopic (exact) mass is 441 g/mol. The number of halogens is 3. The van der Waals surface area contributed by atoms with Crippen molar-refractivity contribution >= 4 is 34.6 Å². The van der Waals surface area contributed by atoms with E-state index in [2.05, 4.69) is 40.5 Å². The van der Waals surface area contributed by atoms with E-state index in [1.54, 1.807) is 18.2 Å². The van der Waals surface area contributed by atoms with E-state index in [1.807, 2.05) is 0 Å². The van der Waals surface area contributed by atoms with Gasteiger partial charge in [0.25, 0.3) is 0 Å². The molecule has 0 fully saturated rings. The number of hydrazone groups is 1. The molecular weight excluding hydrogens is 427 g/mol. The third-order valence-corrected chi connectivity index (χ3v) is 4.08. The number of phenols is 1. The van der Waals surface area contributed by atoms with Crippen LogP contribution in [0, 0.1) is 0 Å². The summed E-state index contributed by atoms with van der Waals surface area (Å²) in [5.74, 6) is 0.341. The smallest absolute Gasteiger partial charge is 0.507 e. The second-order valence-corrected chi connectivity index (χ2v) is 6.27. The van der Waals surface area contributed by atoms with Crippen molar-refractivity contribution in [3.8, 4) is 11.5 Å². The van der Waals surface area contributed by atoms with Crippen LogP contribution >= 0.6 is 0 Å². The molecule has 0 bridgehead atoms.